The predicted molar refractivity (Wildman–Crippen MR) is 88.4 cm³/mol. The molecule has 0 saturated heterocycles. The van der Waals surface area contributed by atoms with E-state index in [1.54, 1.807) is 7.11 Å². The van der Waals surface area contributed by atoms with Crippen LogP contribution in [0.15, 0.2) is 54.7 Å². The summed E-state index contributed by atoms with van der Waals surface area (Å²) in [6.07, 6.45) is 1.24. The molecule has 23 heavy (non-hydrogen) atoms. The number of hydrogen-bond acceptors (Lipinski definition) is 3. The first-order valence-electron chi connectivity index (χ1n) is 7.32. The molecule has 1 heterocycles. The molecule has 3 rings (SSSR count). The van der Waals surface area contributed by atoms with Crippen molar-refractivity contribution in [3.63, 3.8) is 0 Å². The largest absolute Gasteiger partial charge is 0.497 e. The molecule has 0 fully saturated rings. The van der Waals surface area contributed by atoms with Gasteiger partial charge < -0.3 is 20.2 Å². The summed E-state index contributed by atoms with van der Waals surface area (Å²) >= 11 is 0. The van der Waals surface area contributed by atoms with Gasteiger partial charge in [-0.2, -0.15) is 0 Å². The van der Waals surface area contributed by atoms with E-state index in [9.17, 15) is 4.79 Å². The summed E-state index contributed by atoms with van der Waals surface area (Å²) in [4.78, 5) is 14.5. The van der Waals surface area contributed by atoms with Crippen LogP contribution in [0.25, 0.3) is 10.9 Å². The normalized spacial score (nSPS) is 12.0. The van der Waals surface area contributed by atoms with Gasteiger partial charge >= 0.3 is 6.09 Å². The highest BCUT2D eigenvalue weighted by Crippen LogP contribution is 2.28. The highest BCUT2D eigenvalue weighted by molar-refractivity contribution is 5.83. The third-order valence-corrected chi connectivity index (χ3v) is 3.83. The van der Waals surface area contributed by atoms with E-state index < -0.39 is 12.2 Å². The molecular formula is C18H18N2O3. The highest BCUT2D eigenvalue weighted by Gasteiger charge is 2.18. The quantitative estimate of drug-likeness (QED) is 0.756. The Labute approximate surface area is 134 Å². The van der Waals surface area contributed by atoms with Crippen molar-refractivity contribution < 1.29 is 14.3 Å². The Bertz CT molecular complexity index is 809. The fourth-order valence-electron chi connectivity index (χ4n) is 2.69. The maximum absolute atomic E-state index is 11.3. The Balaban J connectivity index is 1.90. The number of ether oxygens (including phenoxy) is 2. The van der Waals surface area contributed by atoms with E-state index in [0.29, 0.717) is 6.42 Å². The lowest BCUT2D eigenvalue weighted by Gasteiger charge is -2.17. The molecule has 3 N–H and O–H groups in total. The number of fused-ring (bicyclic) bond motifs is 1. The number of para-hydroxylation sites is 1. The number of nitrogens with one attached hydrogen (secondary N) is 1. The number of H-pyrrole nitrogens is 1. The van der Waals surface area contributed by atoms with Gasteiger partial charge in [-0.1, -0.05) is 30.3 Å². The molecule has 0 bridgehead atoms. The van der Waals surface area contributed by atoms with Crippen LogP contribution >= 0.6 is 0 Å². The molecule has 0 saturated carbocycles. The van der Waals surface area contributed by atoms with E-state index in [1.165, 1.54) is 0 Å². The molecule has 1 amide bonds. The second-order valence-electron chi connectivity index (χ2n) is 5.26. The molecule has 1 atom stereocenters. The number of methoxy groups -OCH3 is 1. The summed E-state index contributed by atoms with van der Waals surface area (Å²) in [7, 11) is 1.61. The van der Waals surface area contributed by atoms with Gasteiger partial charge in [0.15, 0.2) is 0 Å². The summed E-state index contributed by atoms with van der Waals surface area (Å²) in [5, 5.41) is 1.11. The zero-order valence-corrected chi connectivity index (χ0v) is 12.8. The topological polar surface area (TPSA) is 77.3 Å². The van der Waals surface area contributed by atoms with E-state index in [1.807, 2.05) is 54.7 Å². The molecule has 0 aliphatic rings. The average molecular weight is 310 g/mol. The number of primary amides is 1. The first kappa shape index (κ1) is 15.0. The van der Waals surface area contributed by atoms with E-state index in [0.717, 1.165) is 27.8 Å². The number of carbonyl (C=O) groups is 1. The Kier molecular flexibility index (Phi) is 4.19. The summed E-state index contributed by atoms with van der Waals surface area (Å²) in [5.74, 6) is 0.749. The SMILES string of the molecule is COc1ccc([C@H](Cc2c[nH]c3ccccc23)OC(N)=O)cc1. The third kappa shape index (κ3) is 3.29. The number of rotatable bonds is 5. The van der Waals surface area contributed by atoms with Crippen LogP contribution in [0.1, 0.15) is 17.2 Å². The average Bonchev–Trinajstić information content (AvgIpc) is 2.97. The zero-order chi connectivity index (χ0) is 16.2. The Morgan fingerprint density at radius 3 is 2.61 bits per heavy atom. The molecule has 1 aromatic heterocycles. The predicted octanol–water partition coefficient (Wildman–Crippen LogP) is 3.56. The third-order valence-electron chi connectivity index (χ3n) is 3.83. The molecule has 118 valence electrons. The maximum Gasteiger partial charge on any atom is 0.405 e. The highest BCUT2D eigenvalue weighted by atomic mass is 16.6. The molecule has 0 radical (unpaired) electrons. The summed E-state index contributed by atoms with van der Waals surface area (Å²) in [6, 6.07) is 15.4. The summed E-state index contributed by atoms with van der Waals surface area (Å²) in [5.41, 5.74) is 8.23. The number of aromatic nitrogens is 1. The molecule has 0 spiro atoms. The van der Waals surface area contributed by atoms with Gasteiger partial charge in [-0.25, -0.2) is 4.79 Å². The Morgan fingerprint density at radius 1 is 1.17 bits per heavy atom. The molecular weight excluding hydrogens is 292 g/mol. The molecule has 5 nitrogen and oxygen atoms in total. The van der Waals surface area contributed by atoms with Crippen molar-refractivity contribution in [3.8, 4) is 5.75 Å². The van der Waals surface area contributed by atoms with Crippen LogP contribution in [0.5, 0.6) is 5.75 Å². The minimum atomic E-state index is -0.786. The standard InChI is InChI=1S/C18H18N2O3/c1-22-14-8-6-12(7-9-14)17(23-18(19)21)10-13-11-20-16-5-3-2-4-15(13)16/h2-9,11,17,20H,10H2,1H3,(H2,19,21)/t17-/m0/s1. The lowest BCUT2D eigenvalue weighted by molar-refractivity contribution is 0.107. The van der Waals surface area contributed by atoms with E-state index in [-0.39, 0.29) is 0 Å². The van der Waals surface area contributed by atoms with Crippen LogP contribution in [0, 0.1) is 0 Å². The van der Waals surface area contributed by atoms with Gasteiger partial charge in [0.25, 0.3) is 0 Å². The van der Waals surface area contributed by atoms with Crippen molar-refractivity contribution in [2.45, 2.75) is 12.5 Å². The van der Waals surface area contributed by atoms with Gasteiger partial charge in [-0.15, -0.1) is 0 Å². The molecule has 0 unspecified atom stereocenters. The van der Waals surface area contributed by atoms with Crippen molar-refractivity contribution in [1.29, 1.82) is 0 Å². The second kappa shape index (κ2) is 6.44. The minimum absolute atomic E-state index is 0.447. The molecule has 5 heteroatoms. The van der Waals surface area contributed by atoms with Gasteiger partial charge in [-0.05, 0) is 29.3 Å². The summed E-state index contributed by atoms with van der Waals surface area (Å²) < 4.78 is 10.5. The molecule has 2 aromatic carbocycles. The van der Waals surface area contributed by atoms with Crippen molar-refractivity contribution >= 4 is 17.0 Å². The fourth-order valence-corrected chi connectivity index (χ4v) is 2.69. The Morgan fingerprint density at radius 2 is 1.91 bits per heavy atom. The van der Waals surface area contributed by atoms with Crippen LogP contribution in [0.4, 0.5) is 4.79 Å². The van der Waals surface area contributed by atoms with Gasteiger partial charge in [0, 0.05) is 23.5 Å². The van der Waals surface area contributed by atoms with Crippen LogP contribution in [0.3, 0.4) is 0 Å². The van der Waals surface area contributed by atoms with Crippen molar-refractivity contribution in [2.75, 3.05) is 7.11 Å². The van der Waals surface area contributed by atoms with Gasteiger partial charge in [0.1, 0.15) is 11.9 Å². The zero-order valence-electron chi connectivity index (χ0n) is 12.8. The van der Waals surface area contributed by atoms with E-state index >= 15 is 0 Å². The minimum Gasteiger partial charge on any atom is -0.497 e. The number of aromatic amines is 1. The number of carbonyl (C=O) groups excluding carboxylic acids is 1. The van der Waals surface area contributed by atoms with Crippen molar-refractivity contribution in [3.05, 3.63) is 65.9 Å². The van der Waals surface area contributed by atoms with Gasteiger partial charge in [-0.3, -0.25) is 0 Å². The fraction of sp³-hybridized carbons (Fsp3) is 0.167. The monoisotopic (exact) mass is 310 g/mol. The maximum atomic E-state index is 11.3. The first-order chi connectivity index (χ1) is 11.2. The smallest absolute Gasteiger partial charge is 0.405 e. The molecule has 3 aromatic rings. The van der Waals surface area contributed by atoms with Crippen molar-refractivity contribution in [1.82, 2.24) is 4.98 Å². The second-order valence-corrected chi connectivity index (χ2v) is 5.26. The van der Waals surface area contributed by atoms with Crippen molar-refractivity contribution in [2.24, 2.45) is 5.73 Å². The van der Waals surface area contributed by atoms with E-state index in [4.69, 9.17) is 15.2 Å². The number of amides is 1. The lowest BCUT2D eigenvalue weighted by Crippen LogP contribution is -2.19. The van der Waals surface area contributed by atoms with Crippen LogP contribution in [-0.2, 0) is 11.2 Å². The van der Waals surface area contributed by atoms with Crippen LogP contribution < -0.4 is 10.5 Å². The first-order valence-corrected chi connectivity index (χ1v) is 7.32. The molecule has 0 aliphatic carbocycles. The summed E-state index contributed by atoms with van der Waals surface area (Å²) in [6.45, 7) is 0. The van der Waals surface area contributed by atoms with Crippen LogP contribution in [0.2, 0.25) is 0 Å². The van der Waals surface area contributed by atoms with E-state index in [2.05, 4.69) is 4.98 Å². The van der Waals surface area contributed by atoms with Gasteiger partial charge in [0.2, 0.25) is 0 Å². The number of nitrogens with two attached hydrogens (primary N) is 1. The molecule has 0 aliphatic heterocycles. The van der Waals surface area contributed by atoms with Gasteiger partial charge in [0.05, 0.1) is 7.11 Å². The Hall–Kier alpha value is -2.95. The number of benzene rings is 2. The lowest BCUT2D eigenvalue weighted by atomic mass is 10.0. The number of hydrogen-bond donors (Lipinski definition) is 2. The van der Waals surface area contributed by atoms with Crippen LogP contribution in [-0.4, -0.2) is 18.2 Å².